The molecule has 0 radical (unpaired) electrons. The lowest BCUT2D eigenvalue weighted by Crippen LogP contribution is -2.26. The Labute approximate surface area is 87.4 Å². The van der Waals surface area contributed by atoms with Gasteiger partial charge in [-0.2, -0.15) is 0 Å². The van der Waals surface area contributed by atoms with Gasteiger partial charge in [0.15, 0.2) is 5.76 Å². The molecule has 5 nitrogen and oxygen atoms in total. The van der Waals surface area contributed by atoms with Gasteiger partial charge in [-0.3, -0.25) is 9.59 Å². The van der Waals surface area contributed by atoms with Crippen LogP contribution in [0.3, 0.4) is 0 Å². The summed E-state index contributed by atoms with van der Waals surface area (Å²) < 4.78 is 9.57. The lowest BCUT2D eigenvalue weighted by Gasteiger charge is -2.02. The van der Waals surface area contributed by atoms with E-state index in [1.165, 1.54) is 6.26 Å². The van der Waals surface area contributed by atoms with Gasteiger partial charge >= 0.3 is 5.97 Å². The first-order valence-corrected chi connectivity index (χ1v) is 4.71. The molecule has 0 aliphatic heterocycles. The van der Waals surface area contributed by atoms with E-state index in [2.05, 4.69) is 5.32 Å². The van der Waals surface area contributed by atoms with Gasteiger partial charge < -0.3 is 14.5 Å². The molecule has 1 rings (SSSR count). The Bertz CT molecular complexity index is 318. The Balaban J connectivity index is 2.21. The third-order valence-corrected chi connectivity index (χ3v) is 1.66. The van der Waals surface area contributed by atoms with Crippen LogP contribution in [0, 0.1) is 0 Å². The summed E-state index contributed by atoms with van der Waals surface area (Å²) in [7, 11) is 0. The van der Waals surface area contributed by atoms with Crippen molar-refractivity contribution in [2.45, 2.75) is 13.3 Å². The van der Waals surface area contributed by atoms with Crippen LogP contribution < -0.4 is 5.32 Å². The summed E-state index contributed by atoms with van der Waals surface area (Å²) in [6.45, 7) is 2.34. The molecule has 1 heterocycles. The van der Waals surface area contributed by atoms with E-state index in [0.29, 0.717) is 6.61 Å². The summed E-state index contributed by atoms with van der Waals surface area (Å²) in [4.78, 5) is 22.2. The Morgan fingerprint density at radius 1 is 1.53 bits per heavy atom. The Morgan fingerprint density at radius 2 is 2.33 bits per heavy atom. The highest BCUT2D eigenvalue weighted by Gasteiger charge is 2.08. The minimum absolute atomic E-state index is 0.167. The topological polar surface area (TPSA) is 68.5 Å². The molecule has 0 saturated heterocycles. The monoisotopic (exact) mass is 211 g/mol. The van der Waals surface area contributed by atoms with Gasteiger partial charge in [-0.05, 0) is 19.1 Å². The first-order chi connectivity index (χ1) is 7.24. The summed E-state index contributed by atoms with van der Waals surface area (Å²) in [6.07, 6.45) is 1.58. The maximum Gasteiger partial charge on any atom is 0.307 e. The normalized spacial score (nSPS) is 9.67. The average molecular weight is 211 g/mol. The quantitative estimate of drug-likeness (QED) is 0.736. The van der Waals surface area contributed by atoms with Crippen LogP contribution in [0.15, 0.2) is 22.8 Å². The summed E-state index contributed by atoms with van der Waals surface area (Å²) in [5.41, 5.74) is 0. The van der Waals surface area contributed by atoms with Crippen molar-refractivity contribution in [3.8, 4) is 0 Å². The number of rotatable bonds is 5. The van der Waals surface area contributed by atoms with E-state index in [-0.39, 0.29) is 30.6 Å². The summed E-state index contributed by atoms with van der Waals surface area (Å²) in [5, 5.41) is 2.54. The molecular formula is C10H13NO4. The highest BCUT2D eigenvalue weighted by molar-refractivity contribution is 5.91. The number of esters is 1. The lowest BCUT2D eigenvalue weighted by molar-refractivity contribution is -0.142. The van der Waals surface area contributed by atoms with Crippen LogP contribution in [0.1, 0.15) is 23.9 Å². The minimum Gasteiger partial charge on any atom is -0.466 e. The zero-order valence-electron chi connectivity index (χ0n) is 8.49. The zero-order valence-corrected chi connectivity index (χ0v) is 8.49. The standard InChI is InChI=1S/C10H13NO4/c1-2-14-9(12)5-6-11-10(13)8-4-3-7-15-8/h3-4,7H,2,5-6H2,1H3,(H,11,13). The van der Waals surface area contributed by atoms with Crippen molar-refractivity contribution < 1.29 is 18.7 Å². The van der Waals surface area contributed by atoms with E-state index in [0.717, 1.165) is 0 Å². The van der Waals surface area contributed by atoms with Crippen molar-refractivity contribution in [2.24, 2.45) is 0 Å². The molecule has 0 fully saturated rings. The van der Waals surface area contributed by atoms with Gasteiger partial charge in [0.25, 0.3) is 5.91 Å². The van der Waals surface area contributed by atoms with Gasteiger partial charge in [-0.25, -0.2) is 0 Å². The van der Waals surface area contributed by atoms with Crippen LogP contribution in [-0.4, -0.2) is 25.0 Å². The first-order valence-electron chi connectivity index (χ1n) is 4.71. The van der Waals surface area contributed by atoms with Crippen molar-refractivity contribution in [1.29, 1.82) is 0 Å². The second-order valence-electron chi connectivity index (χ2n) is 2.79. The van der Waals surface area contributed by atoms with Crippen LogP contribution in [0.25, 0.3) is 0 Å². The van der Waals surface area contributed by atoms with Gasteiger partial charge in [-0.15, -0.1) is 0 Å². The van der Waals surface area contributed by atoms with Crippen LogP contribution in [-0.2, 0) is 9.53 Å². The smallest absolute Gasteiger partial charge is 0.307 e. The average Bonchev–Trinajstić information content (AvgIpc) is 2.70. The Hall–Kier alpha value is -1.78. The highest BCUT2D eigenvalue weighted by Crippen LogP contribution is 1.98. The van der Waals surface area contributed by atoms with E-state index < -0.39 is 0 Å². The fourth-order valence-corrected chi connectivity index (χ4v) is 1.01. The molecule has 1 aromatic heterocycles. The fraction of sp³-hybridized carbons (Fsp3) is 0.400. The van der Waals surface area contributed by atoms with Crippen LogP contribution >= 0.6 is 0 Å². The molecule has 15 heavy (non-hydrogen) atoms. The van der Waals surface area contributed by atoms with Gasteiger partial charge in [0, 0.05) is 6.54 Å². The van der Waals surface area contributed by atoms with Crippen molar-refractivity contribution in [3.05, 3.63) is 24.2 Å². The molecule has 0 aliphatic carbocycles. The molecule has 0 spiro atoms. The van der Waals surface area contributed by atoms with E-state index in [1.807, 2.05) is 0 Å². The van der Waals surface area contributed by atoms with Crippen molar-refractivity contribution >= 4 is 11.9 Å². The molecule has 82 valence electrons. The van der Waals surface area contributed by atoms with Crippen molar-refractivity contribution in [3.63, 3.8) is 0 Å². The minimum atomic E-state index is -0.329. The second kappa shape index (κ2) is 5.85. The van der Waals surface area contributed by atoms with E-state index in [4.69, 9.17) is 9.15 Å². The van der Waals surface area contributed by atoms with E-state index in [9.17, 15) is 9.59 Å². The van der Waals surface area contributed by atoms with E-state index >= 15 is 0 Å². The largest absolute Gasteiger partial charge is 0.466 e. The number of carbonyl (C=O) groups excluding carboxylic acids is 2. The number of hydrogen-bond donors (Lipinski definition) is 1. The molecule has 1 N–H and O–H groups in total. The number of amides is 1. The van der Waals surface area contributed by atoms with Crippen LogP contribution in [0.4, 0.5) is 0 Å². The SMILES string of the molecule is CCOC(=O)CCNC(=O)c1ccco1. The van der Waals surface area contributed by atoms with Crippen LogP contribution in [0.5, 0.6) is 0 Å². The zero-order chi connectivity index (χ0) is 11.1. The fourth-order valence-electron chi connectivity index (χ4n) is 1.01. The highest BCUT2D eigenvalue weighted by atomic mass is 16.5. The molecule has 0 atom stereocenters. The molecule has 0 aliphatic rings. The number of nitrogens with one attached hydrogen (secondary N) is 1. The Kier molecular flexibility index (Phi) is 4.40. The second-order valence-corrected chi connectivity index (χ2v) is 2.79. The number of ether oxygens (including phenoxy) is 1. The molecule has 0 unspecified atom stereocenters. The third kappa shape index (κ3) is 3.84. The van der Waals surface area contributed by atoms with Crippen LogP contribution in [0.2, 0.25) is 0 Å². The van der Waals surface area contributed by atoms with Gasteiger partial charge in [0.05, 0.1) is 19.3 Å². The number of hydrogen-bond acceptors (Lipinski definition) is 4. The summed E-state index contributed by atoms with van der Waals surface area (Å²) >= 11 is 0. The maximum absolute atomic E-state index is 11.3. The predicted molar refractivity (Wildman–Crippen MR) is 52.3 cm³/mol. The van der Waals surface area contributed by atoms with Gasteiger partial charge in [0.2, 0.25) is 0 Å². The molecule has 1 aromatic rings. The van der Waals surface area contributed by atoms with Gasteiger partial charge in [0.1, 0.15) is 0 Å². The summed E-state index contributed by atoms with van der Waals surface area (Å²) in [5.74, 6) is -0.416. The molecule has 0 bridgehead atoms. The Morgan fingerprint density at radius 3 is 2.93 bits per heavy atom. The maximum atomic E-state index is 11.3. The van der Waals surface area contributed by atoms with Crippen molar-refractivity contribution in [1.82, 2.24) is 5.32 Å². The molecule has 1 amide bonds. The molecular weight excluding hydrogens is 198 g/mol. The molecule has 0 aromatic carbocycles. The van der Waals surface area contributed by atoms with Crippen molar-refractivity contribution in [2.75, 3.05) is 13.2 Å². The summed E-state index contributed by atoms with van der Waals surface area (Å²) in [6, 6.07) is 3.18. The first kappa shape index (κ1) is 11.3. The van der Waals surface area contributed by atoms with E-state index in [1.54, 1.807) is 19.1 Å². The van der Waals surface area contributed by atoms with Gasteiger partial charge in [-0.1, -0.05) is 0 Å². The molecule has 0 saturated carbocycles. The lowest BCUT2D eigenvalue weighted by atomic mass is 10.4. The third-order valence-electron chi connectivity index (χ3n) is 1.66. The number of furan rings is 1. The predicted octanol–water partition coefficient (Wildman–Crippen LogP) is 0.963. The molecule has 5 heteroatoms. The number of carbonyl (C=O) groups is 2.